The molecule has 1 aromatic rings. The topological polar surface area (TPSA) is 64.3 Å². The van der Waals surface area contributed by atoms with E-state index < -0.39 is 24.9 Å². The van der Waals surface area contributed by atoms with E-state index in [0.29, 0.717) is 13.0 Å². The molecule has 0 aliphatic carbocycles. The van der Waals surface area contributed by atoms with Gasteiger partial charge >= 0.3 is 0 Å². The summed E-state index contributed by atoms with van der Waals surface area (Å²) < 4.78 is 31.2. The van der Waals surface area contributed by atoms with Crippen molar-refractivity contribution in [3.63, 3.8) is 0 Å². The van der Waals surface area contributed by atoms with Crippen LogP contribution < -0.4 is 15.8 Å². The van der Waals surface area contributed by atoms with Gasteiger partial charge in [0, 0.05) is 6.42 Å². The maximum absolute atomic E-state index is 12.8. The predicted molar refractivity (Wildman–Crippen MR) is 77.7 cm³/mol. The number of hydrogen-bond donors (Lipinski definition) is 2. The molecule has 0 heterocycles. The third-order valence-electron chi connectivity index (χ3n) is 3.14. The van der Waals surface area contributed by atoms with Crippen molar-refractivity contribution in [1.82, 2.24) is 5.32 Å². The molecule has 6 heteroatoms. The average molecular weight is 300 g/mol. The Morgan fingerprint density at radius 1 is 1.33 bits per heavy atom. The van der Waals surface area contributed by atoms with Crippen LogP contribution in [0.2, 0.25) is 0 Å². The van der Waals surface area contributed by atoms with Crippen LogP contribution >= 0.6 is 0 Å². The molecule has 0 unspecified atom stereocenters. The summed E-state index contributed by atoms with van der Waals surface area (Å²) in [6.07, 6.45) is 0.610. The number of aryl methyl sites for hydroxylation is 2. The molecule has 0 saturated carbocycles. The van der Waals surface area contributed by atoms with E-state index >= 15 is 0 Å². The molecule has 0 atom stereocenters. The maximum atomic E-state index is 12.8. The molecular weight excluding hydrogens is 278 g/mol. The normalized spacial score (nSPS) is 11.3. The highest BCUT2D eigenvalue weighted by atomic mass is 19.3. The second kappa shape index (κ2) is 7.93. The zero-order valence-corrected chi connectivity index (χ0v) is 12.4. The fourth-order valence-corrected chi connectivity index (χ4v) is 1.61. The second-order valence-electron chi connectivity index (χ2n) is 5.03. The Balaban J connectivity index is 2.21. The molecular formula is C15H22F2N2O2. The Bertz CT molecular complexity index is 479. The minimum Gasteiger partial charge on any atom is -0.494 e. The quantitative estimate of drug-likeness (QED) is 0.723. The number of ether oxygens (including phenoxy) is 1. The van der Waals surface area contributed by atoms with E-state index in [1.165, 1.54) is 5.56 Å². The van der Waals surface area contributed by atoms with E-state index in [9.17, 15) is 13.6 Å². The van der Waals surface area contributed by atoms with E-state index in [4.69, 9.17) is 10.5 Å². The summed E-state index contributed by atoms with van der Waals surface area (Å²) in [5.41, 5.74) is 7.20. The molecule has 4 nitrogen and oxygen atoms in total. The molecule has 0 aliphatic rings. The predicted octanol–water partition coefficient (Wildman–Crippen LogP) is 2.17. The Morgan fingerprint density at radius 3 is 2.67 bits per heavy atom. The molecule has 0 saturated heterocycles. The van der Waals surface area contributed by atoms with Crippen molar-refractivity contribution >= 4 is 5.91 Å². The zero-order chi connectivity index (χ0) is 15.9. The van der Waals surface area contributed by atoms with Crippen LogP contribution in [0.5, 0.6) is 5.75 Å². The number of rotatable bonds is 8. The molecule has 1 aromatic carbocycles. The van der Waals surface area contributed by atoms with Crippen molar-refractivity contribution in [2.24, 2.45) is 5.73 Å². The number of amides is 1. The van der Waals surface area contributed by atoms with Crippen LogP contribution in [-0.2, 0) is 4.79 Å². The van der Waals surface area contributed by atoms with Crippen LogP contribution in [0.3, 0.4) is 0 Å². The first kappa shape index (κ1) is 17.4. The van der Waals surface area contributed by atoms with Crippen molar-refractivity contribution < 1.29 is 18.3 Å². The minimum atomic E-state index is -3.05. The third kappa shape index (κ3) is 6.53. The zero-order valence-electron chi connectivity index (χ0n) is 12.4. The van der Waals surface area contributed by atoms with Crippen LogP contribution in [0.15, 0.2) is 18.2 Å². The summed E-state index contributed by atoms with van der Waals surface area (Å²) >= 11 is 0. The third-order valence-corrected chi connectivity index (χ3v) is 3.14. The summed E-state index contributed by atoms with van der Waals surface area (Å²) in [7, 11) is 0. The lowest BCUT2D eigenvalue weighted by atomic mass is 10.1. The summed E-state index contributed by atoms with van der Waals surface area (Å²) in [5.74, 6) is -2.73. The summed E-state index contributed by atoms with van der Waals surface area (Å²) in [5, 5.41) is 2.16. The molecule has 3 N–H and O–H groups in total. The number of nitrogens with one attached hydrogen (secondary N) is 1. The first-order valence-corrected chi connectivity index (χ1v) is 6.89. The lowest BCUT2D eigenvalue weighted by molar-refractivity contribution is -0.123. The number of nitrogens with two attached hydrogens (primary N) is 1. The first-order valence-electron chi connectivity index (χ1n) is 6.89. The smallest absolute Gasteiger partial charge is 0.277 e. The van der Waals surface area contributed by atoms with E-state index in [2.05, 4.69) is 5.32 Å². The highest BCUT2D eigenvalue weighted by molar-refractivity contribution is 5.75. The van der Waals surface area contributed by atoms with Gasteiger partial charge in [0.1, 0.15) is 5.75 Å². The SMILES string of the molecule is Cc1ccc(OCCCC(=O)NCC(F)(F)CN)cc1C. The van der Waals surface area contributed by atoms with Gasteiger partial charge in [-0.2, -0.15) is 0 Å². The molecule has 0 fully saturated rings. The minimum absolute atomic E-state index is 0.144. The standard InChI is InChI=1S/C15H22F2N2O2/c1-11-5-6-13(8-12(11)2)21-7-3-4-14(20)19-10-15(16,17)9-18/h5-6,8H,3-4,7,9-10,18H2,1-2H3,(H,19,20). The second-order valence-corrected chi connectivity index (χ2v) is 5.03. The van der Waals surface area contributed by atoms with E-state index in [-0.39, 0.29) is 6.42 Å². The number of alkyl halides is 2. The number of halogens is 2. The number of carbonyl (C=O) groups is 1. The van der Waals surface area contributed by atoms with Crippen LogP contribution in [0.1, 0.15) is 24.0 Å². The average Bonchev–Trinajstić information content (AvgIpc) is 2.45. The molecule has 118 valence electrons. The summed E-state index contributed by atoms with van der Waals surface area (Å²) in [4.78, 5) is 11.4. The van der Waals surface area contributed by atoms with Gasteiger partial charge in [0.05, 0.1) is 19.7 Å². The molecule has 21 heavy (non-hydrogen) atoms. The van der Waals surface area contributed by atoms with Crippen molar-refractivity contribution in [3.8, 4) is 5.75 Å². The van der Waals surface area contributed by atoms with Gasteiger partial charge in [0.25, 0.3) is 5.92 Å². The summed E-state index contributed by atoms with van der Waals surface area (Å²) in [6.45, 7) is 2.88. The van der Waals surface area contributed by atoms with Crippen molar-refractivity contribution in [1.29, 1.82) is 0 Å². The van der Waals surface area contributed by atoms with Crippen LogP contribution in [-0.4, -0.2) is 31.5 Å². The van der Waals surface area contributed by atoms with E-state index in [0.717, 1.165) is 11.3 Å². The Labute approximate surface area is 123 Å². The number of hydrogen-bond acceptors (Lipinski definition) is 3. The number of benzene rings is 1. The summed E-state index contributed by atoms with van der Waals surface area (Å²) in [6, 6.07) is 5.76. The van der Waals surface area contributed by atoms with Crippen molar-refractivity contribution in [2.75, 3.05) is 19.7 Å². The van der Waals surface area contributed by atoms with Gasteiger partial charge in [0.15, 0.2) is 0 Å². The van der Waals surface area contributed by atoms with Crippen molar-refractivity contribution in [3.05, 3.63) is 29.3 Å². The van der Waals surface area contributed by atoms with E-state index in [1.54, 1.807) is 0 Å². The van der Waals surface area contributed by atoms with E-state index in [1.807, 2.05) is 32.0 Å². The van der Waals surface area contributed by atoms with Gasteiger partial charge in [-0.3, -0.25) is 4.79 Å². The highest BCUT2D eigenvalue weighted by Gasteiger charge is 2.26. The van der Waals surface area contributed by atoms with Gasteiger partial charge < -0.3 is 15.8 Å². The molecule has 0 aliphatic heterocycles. The monoisotopic (exact) mass is 300 g/mol. The van der Waals surface area contributed by atoms with Crippen LogP contribution in [0.25, 0.3) is 0 Å². The molecule has 1 rings (SSSR count). The lowest BCUT2D eigenvalue weighted by Gasteiger charge is -2.14. The first-order chi connectivity index (χ1) is 9.84. The number of carbonyl (C=O) groups excluding carboxylic acids is 1. The maximum Gasteiger partial charge on any atom is 0.277 e. The van der Waals surface area contributed by atoms with Gasteiger partial charge in [-0.05, 0) is 43.5 Å². The lowest BCUT2D eigenvalue weighted by Crippen LogP contribution is -2.41. The molecule has 0 spiro atoms. The van der Waals surface area contributed by atoms with Gasteiger partial charge in [-0.15, -0.1) is 0 Å². The van der Waals surface area contributed by atoms with Gasteiger partial charge in [-0.1, -0.05) is 6.07 Å². The Kier molecular flexibility index (Phi) is 6.55. The molecule has 1 amide bonds. The van der Waals surface area contributed by atoms with Gasteiger partial charge in [0.2, 0.25) is 5.91 Å². The van der Waals surface area contributed by atoms with Crippen LogP contribution in [0, 0.1) is 13.8 Å². The molecule has 0 aromatic heterocycles. The Morgan fingerprint density at radius 2 is 2.05 bits per heavy atom. The van der Waals surface area contributed by atoms with Crippen LogP contribution in [0.4, 0.5) is 8.78 Å². The molecule has 0 bridgehead atoms. The fourth-order valence-electron chi connectivity index (χ4n) is 1.61. The highest BCUT2D eigenvalue weighted by Crippen LogP contribution is 2.16. The van der Waals surface area contributed by atoms with Crippen molar-refractivity contribution in [2.45, 2.75) is 32.6 Å². The largest absolute Gasteiger partial charge is 0.494 e. The fraction of sp³-hybridized carbons (Fsp3) is 0.533. The van der Waals surface area contributed by atoms with Gasteiger partial charge in [-0.25, -0.2) is 8.78 Å². The Hall–Kier alpha value is -1.69. The molecule has 0 radical (unpaired) electrons.